The quantitative estimate of drug-likeness (QED) is 0.783. The second-order valence-corrected chi connectivity index (χ2v) is 7.39. The van der Waals surface area contributed by atoms with E-state index in [2.05, 4.69) is 4.72 Å². The lowest BCUT2D eigenvalue weighted by atomic mass is 9.98. The SMILES string of the molecule is O=C(O)[C@@H]1CCCN(C(=O)CCNS(=O)(=O)c2ccc(F)cc2)C1. The van der Waals surface area contributed by atoms with Crippen molar-refractivity contribution in [3.63, 3.8) is 0 Å². The van der Waals surface area contributed by atoms with Gasteiger partial charge in [0.05, 0.1) is 10.8 Å². The molecule has 1 aliphatic rings. The monoisotopic (exact) mass is 358 g/mol. The van der Waals surface area contributed by atoms with Crippen molar-refractivity contribution in [1.29, 1.82) is 0 Å². The van der Waals surface area contributed by atoms with Gasteiger partial charge in [0.15, 0.2) is 0 Å². The Morgan fingerprint density at radius 3 is 2.58 bits per heavy atom. The van der Waals surface area contributed by atoms with Crippen LogP contribution >= 0.6 is 0 Å². The molecule has 9 heteroatoms. The van der Waals surface area contributed by atoms with Crippen molar-refractivity contribution in [1.82, 2.24) is 9.62 Å². The van der Waals surface area contributed by atoms with Gasteiger partial charge in [-0.3, -0.25) is 9.59 Å². The van der Waals surface area contributed by atoms with Crippen LogP contribution in [0, 0.1) is 11.7 Å². The Morgan fingerprint density at radius 2 is 1.96 bits per heavy atom. The molecule has 1 aliphatic heterocycles. The molecule has 0 aromatic heterocycles. The maximum absolute atomic E-state index is 12.8. The van der Waals surface area contributed by atoms with Gasteiger partial charge in [-0.25, -0.2) is 17.5 Å². The fourth-order valence-corrected chi connectivity index (χ4v) is 3.58. The molecule has 1 saturated heterocycles. The van der Waals surface area contributed by atoms with E-state index in [0.29, 0.717) is 19.4 Å². The first-order valence-electron chi connectivity index (χ1n) is 7.55. The van der Waals surface area contributed by atoms with Crippen LogP contribution < -0.4 is 4.72 Å². The number of amides is 1. The van der Waals surface area contributed by atoms with Crippen molar-refractivity contribution in [3.8, 4) is 0 Å². The number of rotatable bonds is 6. The highest BCUT2D eigenvalue weighted by molar-refractivity contribution is 7.89. The molecule has 1 aromatic rings. The summed E-state index contributed by atoms with van der Waals surface area (Å²) in [6.45, 7) is 0.527. The number of carboxylic acid groups (broad SMARTS) is 1. The van der Waals surface area contributed by atoms with Crippen molar-refractivity contribution < 1.29 is 27.5 Å². The Balaban J connectivity index is 1.85. The zero-order valence-corrected chi connectivity index (χ0v) is 13.8. The van der Waals surface area contributed by atoms with Crippen molar-refractivity contribution >= 4 is 21.9 Å². The maximum Gasteiger partial charge on any atom is 0.308 e. The van der Waals surface area contributed by atoms with Gasteiger partial charge in [0.2, 0.25) is 15.9 Å². The van der Waals surface area contributed by atoms with E-state index in [-0.39, 0.29) is 30.3 Å². The first-order chi connectivity index (χ1) is 11.3. The van der Waals surface area contributed by atoms with Gasteiger partial charge in [0.25, 0.3) is 0 Å². The van der Waals surface area contributed by atoms with Crippen LogP contribution in [0.2, 0.25) is 0 Å². The van der Waals surface area contributed by atoms with Gasteiger partial charge >= 0.3 is 5.97 Å². The summed E-state index contributed by atoms with van der Waals surface area (Å²) in [6.07, 6.45) is 1.09. The summed E-state index contributed by atoms with van der Waals surface area (Å²) in [5, 5.41) is 9.01. The highest BCUT2D eigenvalue weighted by Gasteiger charge is 2.28. The number of halogens is 1. The summed E-state index contributed by atoms with van der Waals surface area (Å²) in [7, 11) is -3.81. The number of hydrogen-bond acceptors (Lipinski definition) is 4. The third-order valence-corrected chi connectivity index (χ3v) is 5.36. The van der Waals surface area contributed by atoms with Crippen molar-refractivity contribution in [3.05, 3.63) is 30.1 Å². The zero-order chi connectivity index (χ0) is 17.7. The van der Waals surface area contributed by atoms with Crippen LogP contribution in [0.25, 0.3) is 0 Å². The summed E-state index contributed by atoms with van der Waals surface area (Å²) in [6, 6.07) is 4.36. The minimum absolute atomic E-state index is 0.0627. The molecule has 24 heavy (non-hydrogen) atoms. The van der Waals surface area contributed by atoms with Crippen LogP contribution in [0.3, 0.4) is 0 Å². The molecule has 7 nitrogen and oxygen atoms in total. The fourth-order valence-electron chi connectivity index (χ4n) is 2.55. The predicted molar refractivity (Wildman–Crippen MR) is 83.1 cm³/mol. The summed E-state index contributed by atoms with van der Waals surface area (Å²) < 4.78 is 39.1. The molecular formula is C15H19FN2O5S. The molecule has 1 amide bonds. The Kier molecular flexibility index (Phi) is 5.89. The molecule has 1 aromatic carbocycles. The Bertz CT molecular complexity index is 705. The number of nitrogens with one attached hydrogen (secondary N) is 1. The highest BCUT2D eigenvalue weighted by atomic mass is 32.2. The van der Waals surface area contributed by atoms with Gasteiger partial charge in [0, 0.05) is 26.1 Å². The van der Waals surface area contributed by atoms with Gasteiger partial charge in [-0.2, -0.15) is 0 Å². The summed E-state index contributed by atoms with van der Waals surface area (Å²) in [5.41, 5.74) is 0. The molecule has 1 atom stereocenters. The smallest absolute Gasteiger partial charge is 0.308 e. The van der Waals surface area contributed by atoms with Crippen LogP contribution in [0.15, 0.2) is 29.2 Å². The molecule has 0 unspecified atom stereocenters. The van der Waals surface area contributed by atoms with E-state index < -0.39 is 27.7 Å². The lowest BCUT2D eigenvalue weighted by Gasteiger charge is -2.30. The molecule has 2 rings (SSSR count). The highest BCUT2D eigenvalue weighted by Crippen LogP contribution is 2.17. The van der Waals surface area contributed by atoms with E-state index in [0.717, 1.165) is 24.3 Å². The lowest BCUT2D eigenvalue weighted by Crippen LogP contribution is -2.43. The molecule has 1 heterocycles. The van der Waals surface area contributed by atoms with E-state index in [4.69, 9.17) is 5.11 Å². The van der Waals surface area contributed by atoms with E-state index >= 15 is 0 Å². The Hall–Kier alpha value is -2.00. The lowest BCUT2D eigenvalue weighted by molar-refractivity contribution is -0.145. The Labute approximate surface area is 139 Å². The first-order valence-corrected chi connectivity index (χ1v) is 9.04. The molecule has 0 aliphatic carbocycles. The van der Waals surface area contributed by atoms with Crippen LogP contribution in [0.5, 0.6) is 0 Å². The number of piperidine rings is 1. The standard InChI is InChI=1S/C15H19FN2O5S/c16-12-3-5-13(6-4-12)24(22,23)17-8-7-14(19)18-9-1-2-11(10-18)15(20)21/h3-6,11,17H,1-2,7-10H2,(H,20,21)/t11-/m1/s1. The Morgan fingerprint density at radius 1 is 1.29 bits per heavy atom. The van der Waals surface area contributed by atoms with Gasteiger partial charge < -0.3 is 10.0 Å². The number of hydrogen-bond donors (Lipinski definition) is 2. The van der Waals surface area contributed by atoms with E-state index in [1.165, 1.54) is 4.90 Å². The second kappa shape index (κ2) is 7.71. The van der Waals surface area contributed by atoms with Gasteiger partial charge in [-0.05, 0) is 37.1 Å². The molecule has 0 saturated carbocycles. The number of carbonyl (C=O) groups excluding carboxylic acids is 1. The average molecular weight is 358 g/mol. The number of likely N-dealkylation sites (tertiary alicyclic amines) is 1. The van der Waals surface area contributed by atoms with Crippen LogP contribution in [-0.4, -0.2) is 49.9 Å². The molecule has 0 spiro atoms. The summed E-state index contributed by atoms with van der Waals surface area (Å²) >= 11 is 0. The van der Waals surface area contributed by atoms with Crippen LogP contribution in [0.4, 0.5) is 4.39 Å². The minimum atomic E-state index is -3.81. The topological polar surface area (TPSA) is 104 Å². The third kappa shape index (κ3) is 4.75. The average Bonchev–Trinajstić information content (AvgIpc) is 2.55. The fraction of sp³-hybridized carbons (Fsp3) is 0.467. The first kappa shape index (κ1) is 18.3. The number of sulfonamides is 1. The van der Waals surface area contributed by atoms with Crippen molar-refractivity contribution in [2.45, 2.75) is 24.2 Å². The number of carboxylic acids is 1. The van der Waals surface area contributed by atoms with E-state index in [9.17, 15) is 22.4 Å². The third-order valence-electron chi connectivity index (χ3n) is 3.88. The van der Waals surface area contributed by atoms with Crippen molar-refractivity contribution in [2.24, 2.45) is 5.92 Å². The van der Waals surface area contributed by atoms with Crippen molar-refractivity contribution in [2.75, 3.05) is 19.6 Å². The summed E-state index contributed by atoms with van der Waals surface area (Å²) in [4.78, 5) is 24.4. The van der Waals surface area contributed by atoms with Gasteiger partial charge in [0.1, 0.15) is 5.82 Å². The largest absolute Gasteiger partial charge is 0.481 e. The normalized spacial score (nSPS) is 18.4. The van der Waals surface area contributed by atoms with E-state index in [1.807, 2.05) is 0 Å². The van der Waals surface area contributed by atoms with Crippen LogP contribution in [0.1, 0.15) is 19.3 Å². The van der Waals surface area contributed by atoms with E-state index in [1.54, 1.807) is 0 Å². The van der Waals surface area contributed by atoms with Gasteiger partial charge in [-0.1, -0.05) is 0 Å². The van der Waals surface area contributed by atoms with Gasteiger partial charge in [-0.15, -0.1) is 0 Å². The molecule has 1 fully saturated rings. The molecule has 132 valence electrons. The maximum atomic E-state index is 12.8. The second-order valence-electron chi connectivity index (χ2n) is 5.62. The molecular weight excluding hydrogens is 339 g/mol. The number of nitrogens with zero attached hydrogens (tertiary/aromatic N) is 1. The molecule has 0 bridgehead atoms. The number of aliphatic carboxylic acids is 1. The van der Waals surface area contributed by atoms with Crippen LogP contribution in [-0.2, 0) is 19.6 Å². The minimum Gasteiger partial charge on any atom is -0.481 e. The predicted octanol–water partition coefficient (Wildman–Crippen LogP) is 0.817. The zero-order valence-electron chi connectivity index (χ0n) is 12.9. The number of benzene rings is 1. The molecule has 2 N–H and O–H groups in total. The molecule has 0 radical (unpaired) electrons. The number of carbonyl (C=O) groups is 2. The summed E-state index contributed by atoms with van der Waals surface area (Å²) in [5.74, 6) is -2.33.